The number of sulfonamides is 1. The van der Waals surface area contributed by atoms with Gasteiger partial charge in [-0.05, 0) is 37.3 Å². The van der Waals surface area contributed by atoms with Crippen LogP contribution in [0.3, 0.4) is 0 Å². The van der Waals surface area contributed by atoms with Crippen LogP contribution in [0.25, 0.3) is 10.8 Å². The molecule has 1 amide bonds. The number of hydrogen-bond donors (Lipinski definition) is 2. The summed E-state index contributed by atoms with van der Waals surface area (Å²) in [6.45, 7) is 1.40. The van der Waals surface area contributed by atoms with Crippen LogP contribution in [0.2, 0.25) is 0 Å². The number of ether oxygens (including phenoxy) is 1. The molecule has 10 nitrogen and oxygen atoms in total. The highest BCUT2D eigenvalue weighted by Crippen LogP contribution is 2.15. The van der Waals surface area contributed by atoms with Crippen LogP contribution in [-0.2, 0) is 37.8 Å². The van der Waals surface area contributed by atoms with Crippen molar-refractivity contribution < 1.29 is 22.7 Å². The summed E-state index contributed by atoms with van der Waals surface area (Å²) in [5.41, 5.74) is 0.383. The third kappa shape index (κ3) is 5.13. The van der Waals surface area contributed by atoms with Crippen LogP contribution >= 0.6 is 0 Å². The zero-order chi connectivity index (χ0) is 22.8. The normalized spacial score (nSPS) is 12.4. The number of anilines is 1. The first-order valence-corrected chi connectivity index (χ1v) is 10.7. The number of nitrogens with zero attached hydrogens (tertiary/aromatic N) is 2. The van der Waals surface area contributed by atoms with Crippen LogP contribution in [0.5, 0.6) is 0 Å². The number of amides is 1. The summed E-state index contributed by atoms with van der Waals surface area (Å²) in [7, 11) is -2.35. The summed E-state index contributed by atoms with van der Waals surface area (Å²) < 4.78 is 28.9. The molecule has 0 saturated heterocycles. The fourth-order valence-electron chi connectivity index (χ4n) is 2.91. The van der Waals surface area contributed by atoms with Gasteiger partial charge >= 0.3 is 5.97 Å². The minimum absolute atomic E-state index is 0.0954. The number of aromatic nitrogens is 2. The van der Waals surface area contributed by atoms with E-state index in [0.29, 0.717) is 22.2 Å². The lowest BCUT2D eigenvalue weighted by molar-refractivity contribution is -0.152. The SMILES string of the molecule is CC(OC(=O)Cc1nn(C)c(=O)c2ccccc12)C(=O)Nc1ccc(S(N)(=O)=O)cc1. The van der Waals surface area contributed by atoms with Crippen molar-refractivity contribution in [2.24, 2.45) is 12.2 Å². The van der Waals surface area contributed by atoms with E-state index in [9.17, 15) is 22.8 Å². The molecule has 1 heterocycles. The molecule has 3 aromatic rings. The number of aryl methyl sites for hydroxylation is 1. The molecule has 2 aromatic carbocycles. The fraction of sp³-hybridized carbons (Fsp3) is 0.200. The Kier molecular flexibility index (Phi) is 6.18. The first kappa shape index (κ1) is 22.1. The molecule has 0 aliphatic carbocycles. The molecule has 3 rings (SSSR count). The van der Waals surface area contributed by atoms with Gasteiger partial charge in [-0.1, -0.05) is 18.2 Å². The molecule has 0 bridgehead atoms. The fourth-order valence-corrected chi connectivity index (χ4v) is 3.42. The number of hydrogen-bond acceptors (Lipinski definition) is 7. The summed E-state index contributed by atoms with van der Waals surface area (Å²) in [6.07, 6.45) is -1.35. The van der Waals surface area contributed by atoms with Crippen molar-refractivity contribution in [2.75, 3.05) is 5.32 Å². The lowest BCUT2D eigenvalue weighted by Gasteiger charge is -2.14. The minimum Gasteiger partial charge on any atom is -0.452 e. The van der Waals surface area contributed by atoms with Gasteiger partial charge in [0.2, 0.25) is 10.0 Å². The van der Waals surface area contributed by atoms with Crippen molar-refractivity contribution in [2.45, 2.75) is 24.3 Å². The number of fused-ring (bicyclic) bond motifs is 1. The van der Waals surface area contributed by atoms with Crippen LogP contribution in [0.4, 0.5) is 5.69 Å². The maximum atomic E-state index is 12.4. The number of carbonyl (C=O) groups is 2. The zero-order valence-corrected chi connectivity index (χ0v) is 17.5. The van der Waals surface area contributed by atoms with E-state index in [0.717, 1.165) is 4.68 Å². The summed E-state index contributed by atoms with van der Waals surface area (Å²) in [6, 6.07) is 12.0. The Morgan fingerprint density at radius 2 is 1.74 bits per heavy atom. The summed E-state index contributed by atoms with van der Waals surface area (Å²) in [5, 5.41) is 12.6. The molecule has 1 unspecified atom stereocenters. The number of rotatable bonds is 6. The van der Waals surface area contributed by atoms with Gasteiger partial charge in [-0.25, -0.2) is 18.2 Å². The third-order valence-corrected chi connectivity index (χ3v) is 5.40. The average Bonchev–Trinajstić information content (AvgIpc) is 2.71. The van der Waals surface area contributed by atoms with E-state index in [1.54, 1.807) is 24.3 Å². The first-order valence-electron chi connectivity index (χ1n) is 9.14. The summed E-state index contributed by atoms with van der Waals surface area (Å²) in [5.74, 6) is -1.29. The molecule has 3 N–H and O–H groups in total. The molecule has 0 radical (unpaired) electrons. The molecule has 1 atom stereocenters. The maximum Gasteiger partial charge on any atom is 0.312 e. The van der Waals surface area contributed by atoms with Crippen LogP contribution in [-0.4, -0.2) is 36.2 Å². The van der Waals surface area contributed by atoms with E-state index in [1.165, 1.54) is 38.2 Å². The Bertz CT molecular complexity index is 1320. The monoisotopic (exact) mass is 444 g/mol. The zero-order valence-electron chi connectivity index (χ0n) is 16.7. The lowest BCUT2D eigenvalue weighted by Crippen LogP contribution is -2.31. The predicted octanol–water partition coefficient (Wildman–Crippen LogP) is 0.694. The molecule has 162 valence electrons. The van der Waals surface area contributed by atoms with Crippen molar-refractivity contribution in [3.63, 3.8) is 0 Å². The second kappa shape index (κ2) is 8.66. The second-order valence-corrected chi connectivity index (χ2v) is 8.35. The number of nitrogens with two attached hydrogens (primary N) is 1. The van der Waals surface area contributed by atoms with E-state index < -0.39 is 28.0 Å². The minimum atomic E-state index is -3.84. The van der Waals surface area contributed by atoms with Gasteiger partial charge in [-0.3, -0.25) is 14.4 Å². The van der Waals surface area contributed by atoms with Crippen molar-refractivity contribution in [1.29, 1.82) is 0 Å². The maximum absolute atomic E-state index is 12.4. The van der Waals surface area contributed by atoms with E-state index in [1.807, 2.05) is 0 Å². The first-order chi connectivity index (χ1) is 14.6. The number of benzene rings is 2. The van der Waals surface area contributed by atoms with Gasteiger partial charge in [0.25, 0.3) is 11.5 Å². The summed E-state index contributed by atoms with van der Waals surface area (Å²) in [4.78, 5) is 36.7. The van der Waals surface area contributed by atoms with E-state index in [4.69, 9.17) is 9.88 Å². The van der Waals surface area contributed by atoms with Crippen molar-refractivity contribution >= 4 is 38.4 Å². The largest absolute Gasteiger partial charge is 0.452 e. The van der Waals surface area contributed by atoms with Crippen LogP contribution in [0, 0.1) is 0 Å². The molecule has 1 aromatic heterocycles. The third-order valence-electron chi connectivity index (χ3n) is 4.47. The van der Waals surface area contributed by atoms with Crippen molar-refractivity contribution in [1.82, 2.24) is 9.78 Å². The van der Waals surface area contributed by atoms with Gasteiger partial charge in [-0.15, -0.1) is 0 Å². The van der Waals surface area contributed by atoms with Gasteiger partial charge in [0.15, 0.2) is 6.10 Å². The Hall–Kier alpha value is -3.57. The smallest absolute Gasteiger partial charge is 0.312 e. The molecule has 0 aliphatic rings. The van der Waals surface area contributed by atoms with Crippen LogP contribution in [0.15, 0.2) is 58.2 Å². The highest BCUT2D eigenvalue weighted by atomic mass is 32.2. The lowest BCUT2D eigenvalue weighted by atomic mass is 10.1. The molecule has 0 fully saturated rings. The Morgan fingerprint density at radius 3 is 2.35 bits per heavy atom. The van der Waals surface area contributed by atoms with Gasteiger partial charge in [-0.2, -0.15) is 5.10 Å². The Morgan fingerprint density at radius 1 is 1.13 bits per heavy atom. The molecule has 0 aliphatic heterocycles. The highest BCUT2D eigenvalue weighted by Gasteiger charge is 2.20. The quantitative estimate of drug-likeness (QED) is 0.531. The van der Waals surface area contributed by atoms with Crippen molar-refractivity contribution in [3.05, 3.63) is 64.6 Å². The topological polar surface area (TPSA) is 150 Å². The van der Waals surface area contributed by atoms with Crippen LogP contribution in [0.1, 0.15) is 12.6 Å². The van der Waals surface area contributed by atoms with Gasteiger partial charge in [0.1, 0.15) is 0 Å². The Labute approximate surface area is 177 Å². The molecule has 0 spiro atoms. The summed E-state index contributed by atoms with van der Waals surface area (Å²) >= 11 is 0. The van der Waals surface area contributed by atoms with Gasteiger partial charge in [0.05, 0.1) is 22.4 Å². The average molecular weight is 444 g/mol. The van der Waals surface area contributed by atoms with Gasteiger partial charge in [0, 0.05) is 18.1 Å². The number of primary sulfonamides is 1. The standard InChI is InChI=1S/C20H20N4O6S/c1-12(19(26)22-13-7-9-14(10-8-13)31(21,28)29)30-18(25)11-17-15-5-3-4-6-16(15)20(27)24(2)23-17/h3-10,12H,11H2,1-2H3,(H,22,26)(H2,21,28,29). The molecule has 11 heteroatoms. The molecule has 31 heavy (non-hydrogen) atoms. The van der Waals surface area contributed by atoms with Gasteiger partial charge < -0.3 is 10.1 Å². The van der Waals surface area contributed by atoms with Crippen LogP contribution < -0.4 is 16.0 Å². The number of esters is 1. The number of carbonyl (C=O) groups excluding carboxylic acids is 2. The van der Waals surface area contributed by atoms with E-state index in [-0.39, 0.29) is 16.9 Å². The van der Waals surface area contributed by atoms with E-state index in [2.05, 4.69) is 10.4 Å². The Balaban J connectivity index is 1.67. The highest BCUT2D eigenvalue weighted by molar-refractivity contribution is 7.89. The predicted molar refractivity (Wildman–Crippen MR) is 113 cm³/mol. The molecular formula is C20H20N4O6S. The molecule has 0 saturated carbocycles. The van der Waals surface area contributed by atoms with Crippen molar-refractivity contribution in [3.8, 4) is 0 Å². The molecular weight excluding hydrogens is 424 g/mol. The number of nitrogens with one attached hydrogen (secondary N) is 1. The van der Waals surface area contributed by atoms with E-state index >= 15 is 0 Å². The second-order valence-electron chi connectivity index (χ2n) is 6.79.